The molecule has 3 rings (SSSR count). The van der Waals surface area contributed by atoms with Gasteiger partial charge in [0.15, 0.2) is 0 Å². The molecular formula is C22H33N3O3. The van der Waals surface area contributed by atoms with Crippen molar-refractivity contribution in [2.24, 2.45) is 5.92 Å². The Kier molecular flexibility index (Phi) is 6.94. The van der Waals surface area contributed by atoms with Gasteiger partial charge in [0.05, 0.1) is 18.7 Å². The van der Waals surface area contributed by atoms with Gasteiger partial charge in [0.25, 0.3) is 0 Å². The molecule has 2 heterocycles. The fourth-order valence-electron chi connectivity index (χ4n) is 4.28. The molecule has 1 aromatic rings. The van der Waals surface area contributed by atoms with Crippen LogP contribution in [0.4, 0.5) is 0 Å². The monoisotopic (exact) mass is 387 g/mol. The van der Waals surface area contributed by atoms with Crippen molar-refractivity contribution in [2.45, 2.75) is 52.1 Å². The van der Waals surface area contributed by atoms with E-state index in [2.05, 4.69) is 10.2 Å². The molecule has 1 aromatic carbocycles. The molecule has 28 heavy (non-hydrogen) atoms. The molecule has 0 radical (unpaired) electrons. The predicted octanol–water partition coefficient (Wildman–Crippen LogP) is 2.60. The number of fused-ring (bicyclic) bond motifs is 1. The number of nitrogens with one attached hydrogen (secondary N) is 1. The summed E-state index contributed by atoms with van der Waals surface area (Å²) in [5.74, 6) is 1.27. The quantitative estimate of drug-likeness (QED) is 0.815. The lowest BCUT2D eigenvalue weighted by Crippen LogP contribution is -2.51. The van der Waals surface area contributed by atoms with E-state index in [-0.39, 0.29) is 29.8 Å². The van der Waals surface area contributed by atoms with Crippen molar-refractivity contribution in [1.29, 1.82) is 0 Å². The summed E-state index contributed by atoms with van der Waals surface area (Å²) in [5, 5.41) is 3.21. The Bertz CT molecular complexity index is 681. The molecule has 1 saturated heterocycles. The molecule has 154 valence electrons. The molecule has 0 spiro atoms. The lowest BCUT2D eigenvalue weighted by molar-refractivity contribution is -0.137. The maximum Gasteiger partial charge on any atom is 0.237 e. The number of ether oxygens (including phenoxy) is 1. The smallest absolute Gasteiger partial charge is 0.237 e. The molecule has 2 atom stereocenters. The van der Waals surface area contributed by atoms with Gasteiger partial charge in [0.1, 0.15) is 5.75 Å². The number of carbonyl (C=O) groups is 2. The number of rotatable bonds is 6. The lowest BCUT2D eigenvalue weighted by Gasteiger charge is -2.37. The van der Waals surface area contributed by atoms with E-state index in [1.807, 2.05) is 49.9 Å². The third-order valence-electron chi connectivity index (χ3n) is 6.16. The van der Waals surface area contributed by atoms with Gasteiger partial charge in [0.2, 0.25) is 11.8 Å². The topological polar surface area (TPSA) is 61.9 Å². The molecule has 1 N–H and O–H groups in total. The maximum atomic E-state index is 12.9. The van der Waals surface area contributed by atoms with Crippen LogP contribution in [0.25, 0.3) is 0 Å². The molecule has 2 unspecified atom stereocenters. The first kappa shape index (κ1) is 20.6. The number of benzene rings is 1. The summed E-state index contributed by atoms with van der Waals surface area (Å²) < 4.78 is 5.69. The number of carbonyl (C=O) groups excluding carboxylic acids is 2. The number of likely N-dealkylation sites (tertiary alicyclic amines) is 1. The van der Waals surface area contributed by atoms with E-state index >= 15 is 0 Å². The van der Waals surface area contributed by atoms with Gasteiger partial charge < -0.3 is 15.0 Å². The average molecular weight is 388 g/mol. The first-order chi connectivity index (χ1) is 13.5. The van der Waals surface area contributed by atoms with Crippen LogP contribution >= 0.6 is 0 Å². The Morgan fingerprint density at radius 3 is 2.54 bits per heavy atom. The standard InChI is InChI=1S/C22H33N3O3/c1-4-24(5-2)22(27)17-10-13-25(14-11-17)16(3)21(26)23-19-12-15-28-20-9-7-6-8-18(19)20/h6-9,16-17,19H,4-5,10-15H2,1-3H3,(H,23,26). The summed E-state index contributed by atoms with van der Waals surface area (Å²) in [6.45, 7) is 9.74. The van der Waals surface area contributed by atoms with Crippen molar-refractivity contribution in [3.05, 3.63) is 29.8 Å². The molecule has 6 nitrogen and oxygen atoms in total. The normalized spacial score (nSPS) is 21.3. The molecular weight excluding hydrogens is 354 g/mol. The van der Waals surface area contributed by atoms with E-state index in [4.69, 9.17) is 4.74 Å². The van der Waals surface area contributed by atoms with Crippen molar-refractivity contribution in [2.75, 3.05) is 32.8 Å². The second kappa shape index (κ2) is 9.41. The zero-order chi connectivity index (χ0) is 20.1. The summed E-state index contributed by atoms with van der Waals surface area (Å²) in [6, 6.07) is 7.72. The summed E-state index contributed by atoms with van der Waals surface area (Å²) >= 11 is 0. The number of hydrogen-bond acceptors (Lipinski definition) is 4. The first-order valence-corrected chi connectivity index (χ1v) is 10.6. The molecule has 0 bridgehead atoms. The van der Waals surface area contributed by atoms with Crippen LogP contribution in [0.3, 0.4) is 0 Å². The van der Waals surface area contributed by atoms with Crippen molar-refractivity contribution >= 4 is 11.8 Å². The van der Waals surface area contributed by atoms with Gasteiger partial charge in [-0.15, -0.1) is 0 Å². The van der Waals surface area contributed by atoms with Gasteiger partial charge >= 0.3 is 0 Å². The molecule has 0 saturated carbocycles. The second-order valence-electron chi connectivity index (χ2n) is 7.73. The second-order valence-corrected chi connectivity index (χ2v) is 7.73. The van der Waals surface area contributed by atoms with Crippen molar-refractivity contribution in [3.8, 4) is 5.75 Å². The maximum absolute atomic E-state index is 12.9. The zero-order valence-corrected chi connectivity index (χ0v) is 17.3. The van der Waals surface area contributed by atoms with E-state index in [1.54, 1.807) is 0 Å². The van der Waals surface area contributed by atoms with E-state index in [0.29, 0.717) is 6.61 Å². The third kappa shape index (κ3) is 4.49. The van der Waals surface area contributed by atoms with Crippen LogP contribution in [-0.4, -0.2) is 60.4 Å². The molecule has 0 aliphatic carbocycles. The highest BCUT2D eigenvalue weighted by Crippen LogP contribution is 2.31. The van der Waals surface area contributed by atoms with Crippen LogP contribution in [0.15, 0.2) is 24.3 Å². The molecule has 2 amide bonds. The molecule has 2 aliphatic heterocycles. The highest BCUT2D eigenvalue weighted by molar-refractivity contribution is 5.82. The SMILES string of the molecule is CCN(CC)C(=O)C1CCN(C(C)C(=O)NC2CCOc3ccccc32)CC1. The summed E-state index contributed by atoms with van der Waals surface area (Å²) in [5.41, 5.74) is 1.05. The zero-order valence-electron chi connectivity index (χ0n) is 17.3. The first-order valence-electron chi connectivity index (χ1n) is 10.6. The summed E-state index contributed by atoms with van der Waals surface area (Å²) in [6.07, 6.45) is 2.44. The largest absolute Gasteiger partial charge is 0.493 e. The number of amides is 2. The lowest BCUT2D eigenvalue weighted by atomic mass is 9.94. The number of para-hydroxylation sites is 1. The third-order valence-corrected chi connectivity index (χ3v) is 6.16. The van der Waals surface area contributed by atoms with Crippen molar-refractivity contribution < 1.29 is 14.3 Å². The van der Waals surface area contributed by atoms with Gasteiger partial charge in [-0.05, 0) is 52.8 Å². The van der Waals surface area contributed by atoms with Gasteiger partial charge in [-0.2, -0.15) is 0 Å². The number of piperidine rings is 1. The Labute approximate surface area is 168 Å². The van der Waals surface area contributed by atoms with Gasteiger partial charge in [-0.25, -0.2) is 0 Å². The minimum atomic E-state index is -0.195. The average Bonchev–Trinajstić information content (AvgIpc) is 2.74. The minimum absolute atomic E-state index is 0.00156. The van der Waals surface area contributed by atoms with E-state index in [9.17, 15) is 9.59 Å². The van der Waals surface area contributed by atoms with Crippen molar-refractivity contribution in [3.63, 3.8) is 0 Å². The van der Waals surface area contributed by atoms with Crippen LogP contribution in [0.5, 0.6) is 5.75 Å². The van der Waals surface area contributed by atoms with E-state index in [0.717, 1.165) is 56.8 Å². The molecule has 2 aliphatic rings. The number of hydrogen-bond donors (Lipinski definition) is 1. The molecule has 6 heteroatoms. The highest BCUT2D eigenvalue weighted by atomic mass is 16.5. The minimum Gasteiger partial charge on any atom is -0.493 e. The molecule has 0 aromatic heterocycles. The van der Waals surface area contributed by atoms with Crippen LogP contribution in [0, 0.1) is 5.92 Å². The van der Waals surface area contributed by atoms with E-state index in [1.165, 1.54) is 0 Å². The predicted molar refractivity (Wildman–Crippen MR) is 109 cm³/mol. The fraction of sp³-hybridized carbons (Fsp3) is 0.636. The summed E-state index contributed by atoms with van der Waals surface area (Å²) in [4.78, 5) is 29.6. The molecule has 1 fully saturated rings. The van der Waals surface area contributed by atoms with Gasteiger partial charge in [-0.1, -0.05) is 18.2 Å². The van der Waals surface area contributed by atoms with E-state index < -0.39 is 0 Å². The number of nitrogens with zero attached hydrogens (tertiary/aromatic N) is 2. The Morgan fingerprint density at radius 1 is 1.18 bits per heavy atom. The van der Waals surface area contributed by atoms with Crippen LogP contribution in [0.1, 0.15) is 51.6 Å². The van der Waals surface area contributed by atoms with Crippen LogP contribution in [-0.2, 0) is 9.59 Å². The van der Waals surface area contributed by atoms with Gasteiger partial charge in [0, 0.05) is 31.0 Å². The van der Waals surface area contributed by atoms with Crippen LogP contribution < -0.4 is 10.1 Å². The van der Waals surface area contributed by atoms with Crippen LogP contribution in [0.2, 0.25) is 0 Å². The Morgan fingerprint density at radius 2 is 1.86 bits per heavy atom. The Hall–Kier alpha value is -2.08. The fourth-order valence-corrected chi connectivity index (χ4v) is 4.28. The highest BCUT2D eigenvalue weighted by Gasteiger charge is 2.32. The van der Waals surface area contributed by atoms with Gasteiger partial charge in [-0.3, -0.25) is 14.5 Å². The Balaban J connectivity index is 1.53. The van der Waals surface area contributed by atoms with Crippen molar-refractivity contribution in [1.82, 2.24) is 15.1 Å². The summed E-state index contributed by atoms with van der Waals surface area (Å²) in [7, 11) is 0.